The smallest absolute Gasteiger partial charge is 0.334 e. The van der Waals surface area contributed by atoms with E-state index in [2.05, 4.69) is 213 Å². The highest BCUT2D eigenvalue weighted by molar-refractivity contribution is 7.26. The molecule has 3 aliphatic heterocycles. The maximum Gasteiger partial charge on any atom is 0.334 e. The van der Waals surface area contributed by atoms with E-state index in [0.717, 1.165) is 0 Å². The molecule has 0 atom stereocenters. The summed E-state index contributed by atoms with van der Waals surface area (Å²) >= 11 is 1.93. The molecule has 0 saturated carbocycles. The van der Waals surface area contributed by atoms with Crippen LogP contribution in [0.5, 0.6) is 0 Å². The molecule has 4 heteroatoms. The standard InChI is InChI=1S/C56H41BN2S/c1-34-31-42-39-22-16-26-46-53(39)59(48-27-14-13-25-45(48)56(46)43-23-11-8-19-37(43)38-20-9-12-24-44(38)56)57-51(42)49(32-34)58(54-52(57)40-21-10-15-28-50(40)60-54)47-30-29-36(55(2,3)4)33-41(47)35-17-6-5-7-18-35/h5-33H,1-4H3. The van der Waals surface area contributed by atoms with Crippen molar-refractivity contribution in [3.63, 3.8) is 0 Å². The zero-order chi connectivity index (χ0) is 40.1. The zero-order valence-corrected chi connectivity index (χ0v) is 34.9. The van der Waals surface area contributed by atoms with E-state index < -0.39 is 5.41 Å². The molecule has 0 amide bonds. The maximum absolute atomic E-state index is 2.76. The van der Waals surface area contributed by atoms with Crippen molar-refractivity contribution in [2.75, 3.05) is 9.71 Å². The molecule has 2 nitrogen and oxygen atoms in total. The number of aryl methyl sites for hydroxylation is 1. The average molecular weight is 785 g/mol. The lowest BCUT2D eigenvalue weighted by Crippen LogP contribution is -2.62. The predicted molar refractivity (Wildman–Crippen MR) is 255 cm³/mol. The van der Waals surface area contributed by atoms with Gasteiger partial charge in [0.05, 0.1) is 16.1 Å². The second kappa shape index (κ2) is 12.0. The molecular formula is C56H41BN2S. The minimum atomic E-state index is -0.463. The quantitative estimate of drug-likeness (QED) is 0.161. The SMILES string of the molecule is Cc1cc2c3c(c1)N(c1ccc(C(C)(C)C)cc1-c1ccccc1)c1sc4ccccc4c1B3N1c3ccccc3C3(c4ccccc4-c4ccccc43)c3cccc-2c31. The van der Waals surface area contributed by atoms with Gasteiger partial charge in [0.2, 0.25) is 0 Å². The van der Waals surface area contributed by atoms with Crippen molar-refractivity contribution in [3.8, 4) is 33.4 Å². The van der Waals surface area contributed by atoms with Gasteiger partial charge in [-0.3, -0.25) is 0 Å². The average Bonchev–Trinajstić information content (AvgIpc) is 3.80. The van der Waals surface area contributed by atoms with Crippen molar-refractivity contribution >= 4 is 66.9 Å². The highest BCUT2D eigenvalue weighted by Gasteiger charge is 2.56. The monoisotopic (exact) mass is 784 g/mol. The van der Waals surface area contributed by atoms with Crippen LogP contribution in [0.1, 0.15) is 54.2 Å². The predicted octanol–water partition coefficient (Wildman–Crippen LogP) is 13.6. The van der Waals surface area contributed by atoms with Gasteiger partial charge in [-0.25, -0.2) is 0 Å². The highest BCUT2D eigenvalue weighted by atomic mass is 32.1. The molecule has 8 aromatic carbocycles. The number of thiophene rings is 1. The van der Waals surface area contributed by atoms with Crippen LogP contribution >= 0.6 is 11.3 Å². The van der Waals surface area contributed by atoms with Gasteiger partial charge in [0, 0.05) is 32.9 Å². The van der Waals surface area contributed by atoms with E-state index in [1.54, 1.807) is 0 Å². The Hall–Kier alpha value is -6.62. The Morgan fingerprint density at radius 3 is 1.92 bits per heavy atom. The Balaban J connectivity index is 1.17. The second-order valence-electron chi connectivity index (χ2n) is 18.1. The molecule has 1 aliphatic carbocycles. The van der Waals surface area contributed by atoms with E-state index in [-0.39, 0.29) is 12.3 Å². The van der Waals surface area contributed by atoms with Crippen LogP contribution in [0.25, 0.3) is 43.5 Å². The summed E-state index contributed by atoms with van der Waals surface area (Å²) in [7, 11) is 0. The fourth-order valence-electron chi connectivity index (χ4n) is 11.4. The minimum Gasteiger partial charge on any atom is -0.376 e. The molecule has 4 heterocycles. The normalized spacial score (nSPS) is 14.7. The number of hydrogen-bond donors (Lipinski definition) is 0. The van der Waals surface area contributed by atoms with Crippen molar-refractivity contribution in [1.82, 2.24) is 0 Å². The molecule has 60 heavy (non-hydrogen) atoms. The summed E-state index contributed by atoms with van der Waals surface area (Å²) in [4.78, 5) is 5.39. The number of anilines is 5. The van der Waals surface area contributed by atoms with Gasteiger partial charge >= 0.3 is 6.85 Å². The number of nitrogens with zero attached hydrogens (tertiary/aromatic N) is 2. The van der Waals surface area contributed by atoms with Gasteiger partial charge in [0.1, 0.15) is 0 Å². The Morgan fingerprint density at radius 1 is 0.500 bits per heavy atom. The Morgan fingerprint density at radius 2 is 1.15 bits per heavy atom. The first-order valence-electron chi connectivity index (χ1n) is 21.2. The molecule has 0 N–H and O–H groups in total. The molecule has 0 fully saturated rings. The fraction of sp³-hybridized carbons (Fsp3) is 0.107. The number of rotatable bonds is 2. The molecule has 9 aromatic rings. The Bertz CT molecular complexity index is 3250. The Kier molecular flexibility index (Phi) is 6.85. The molecule has 0 bridgehead atoms. The molecular weight excluding hydrogens is 744 g/mol. The third-order valence-corrected chi connectivity index (χ3v) is 15.0. The van der Waals surface area contributed by atoms with Crippen LogP contribution in [0.4, 0.5) is 27.8 Å². The lowest BCUT2D eigenvalue weighted by atomic mass is 9.42. The van der Waals surface area contributed by atoms with Gasteiger partial charge in [-0.15, -0.1) is 11.3 Å². The van der Waals surface area contributed by atoms with Crippen LogP contribution in [-0.2, 0) is 10.8 Å². The van der Waals surface area contributed by atoms with E-state index in [1.807, 2.05) is 11.3 Å². The largest absolute Gasteiger partial charge is 0.376 e. The Labute approximate surface area is 356 Å². The first-order valence-corrected chi connectivity index (χ1v) is 22.0. The van der Waals surface area contributed by atoms with Crippen LogP contribution < -0.4 is 20.6 Å². The van der Waals surface area contributed by atoms with Gasteiger partial charge in [0.25, 0.3) is 0 Å². The molecule has 1 spiro atoms. The first-order chi connectivity index (χ1) is 29.3. The fourth-order valence-corrected chi connectivity index (χ4v) is 12.7. The van der Waals surface area contributed by atoms with Gasteiger partial charge in [-0.2, -0.15) is 0 Å². The molecule has 13 rings (SSSR count). The summed E-state index contributed by atoms with van der Waals surface area (Å²) in [5.41, 5.74) is 23.2. The maximum atomic E-state index is 2.76. The van der Waals surface area contributed by atoms with Crippen molar-refractivity contribution < 1.29 is 0 Å². The van der Waals surface area contributed by atoms with Gasteiger partial charge in [-0.05, 0) is 115 Å². The molecule has 4 aliphatic rings. The first kappa shape index (κ1) is 34.3. The summed E-state index contributed by atoms with van der Waals surface area (Å²) in [6, 6.07) is 67.1. The number of fused-ring (bicyclic) bond motifs is 15. The topological polar surface area (TPSA) is 6.48 Å². The summed E-state index contributed by atoms with van der Waals surface area (Å²) in [5, 5.41) is 2.62. The summed E-state index contributed by atoms with van der Waals surface area (Å²) in [5.74, 6) is 0. The van der Waals surface area contributed by atoms with Crippen molar-refractivity contribution in [2.45, 2.75) is 38.5 Å². The number of para-hydroxylation sites is 2. The van der Waals surface area contributed by atoms with Crippen LogP contribution in [0, 0.1) is 6.92 Å². The third kappa shape index (κ3) is 4.29. The van der Waals surface area contributed by atoms with Crippen LogP contribution in [-0.4, -0.2) is 6.85 Å². The number of benzene rings is 8. The van der Waals surface area contributed by atoms with Crippen molar-refractivity contribution in [2.24, 2.45) is 0 Å². The molecule has 0 unspecified atom stereocenters. The van der Waals surface area contributed by atoms with Gasteiger partial charge in [0.15, 0.2) is 0 Å². The second-order valence-corrected chi connectivity index (χ2v) is 19.1. The molecule has 284 valence electrons. The molecule has 0 saturated heterocycles. The van der Waals surface area contributed by atoms with E-state index in [4.69, 9.17) is 0 Å². The highest BCUT2D eigenvalue weighted by Crippen LogP contribution is 2.65. The van der Waals surface area contributed by atoms with E-state index in [0.29, 0.717) is 0 Å². The third-order valence-electron chi connectivity index (χ3n) is 13.8. The van der Waals surface area contributed by atoms with Crippen molar-refractivity contribution in [3.05, 3.63) is 209 Å². The lowest BCUT2D eigenvalue weighted by molar-refractivity contribution is 0.590. The van der Waals surface area contributed by atoms with Crippen molar-refractivity contribution in [1.29, 1.82) is 0 Å². The zero-order valence-electron chi connectivity index (χ0n) is 34.1. The van der Waals surface area contributed by atoms with Gasteiger partial charge in [-0.1, -0.05) is 166 Å². The van der Waals surface area contributed by atoms with Gasteiger partial charge < -0.3 is 9.71 Å². The lowest BCUT2D eigenvalue weighted by Gasteiger charge is -2.52. The van der Waals surface area contributed by atoms with Crippen LogP contribution in [0.15, 0.2) is 176 Å². The minimum absolute atomic E-state index is 0.00110. The van der Waals surface area contributed by atoms with Crippen LogP contribution in [0.3, 0.4) is 0 Å². The summed E-state index contributed by atoms with van der Waals surface area (Å²) in [6.45, 7) is 9.19. The number of hydrogen-bond acceptors (Lipinski definition) is 3. The molecule has 1 aromatic heterocycles. The van der Waals surface area contributed by atoms with E-state index in [1.165, 1.54) is 116 Å². The molecule has 0 radical (unpaired) electrons. The van der Waals surface area contributed by atoms with E-state index in [9.17, 15) is 0 Å². The summed E-state index contributed by atoms with van der Waals surface area (Å²) < 4.78 is 1.31. The summed E-state index contributed by atoms with van der Waals surface area (Å²) in [6.07, 6.45) is 0. The van der Waals surface area contributed by atoms with E-state index >= 15 is 0 Å². The van der Waals surface area contributed by atoms with Crippen LogP contribution in [0.2, 0.25) is 0 Å².